The molecule has 0 radical (unpaired) electrons. The number of esters is 1. The molecule has 8 heteroatoms. The van der Waals surface area contributed by atoms with E-state index in [-0.39, 0.29) is 25.4 Å². The van der Waals surface area contributed by atoms with Crippen LogP contribution in [0.15, 0.2) is 60.0 Å². The minimum Gasteiger partial charge on any atom is -0.484 e. The van der Waals surface area contributed by atoms with E-state index in [9.17, 15) is 17.6 Å². The second-order valence-corrected chi connectivity index (χ2v) is 8.26. The van der Waals surface area contributed by atoms with E-state index < -0.39 is 32.8 Å². The Balaban J connectivity index is 1.84. The molecule has 1 heterocycles. The molecule has 1 aliphatic heterocycles. The number of sulfonamides is 1. The van der Waals surface area contributed by atoms with Gasteiger partial charge in [0.2, 0.25) is 10.0 Å². The number of aryl methyl sites for hydroxylation is 1. The zero-order chi connectivity index (χ0) is 20.3. The molecule has 28 heavy (non-hydrogen) atoms. The number of hydrogen-bond donors (Lipinski definition) is 0. The molecule has 0 unspecified atom stereocenters. The summed E-state index contributed by atoms with van der Waals surface area (Å²) in [4.78, 5) is 11.8. The molecule has 0 N–H and O–H groups in total. The molecule has 0 aliphatic carbocycles. The topological polar surface area (TPSA) is 72.9 Å². The van der Waals surface area contributed by atoms with Crippen molar-refractivity contribution in [2.75, 3.05) is 19.7 Å². The van der Waals surface area contributed by atoms with Crippen LogP contribution in [0.25, 0.3) is 0 Å². The first kappa shape index (κ1) is 20.0. The van der Waals surface area contributed by atoms with E-state index in [2.05, 4.69) is 6.58 Å². The number of rotatable bonds is 5. The van der Waals surface area contributed by atoms with Gasteiger partial charge in [0.15, 0.2) is 4.90 Å². The van der Waals surface area contributed by atoms with Crippen molar-refractivity contribution in [3.05, 3.63) is 72.1 Å². The van der Waals surface area contributed by atoms with Crippen LogP contribution in [0.2, 0.25) is 0 Å². The Morgan fingerprint density at radius 3 is 2.82 bits per heavy atom. The lowest BCUT2D eigenvalue weighted by Gasteiger charge is -2.21. The van der Waals surface area contributed by atoms with E-state index in [0.29, 0.717) is 5.56 Å². The molecule has 0 saturated heterocycles. The Hall–Kier alpha value is -2.71. The third kappa shape index (κ3) is 4.07. The lowest BCUT2D eigenvalue weighted by atomic mass is 10.1. The van der Waals surface area contributed by atoms with Gasteiger partial charge in [-0.1, -0.05) is 29.8 Å². The predicted octanol–water partition coefficient (Wildman–Crippen LogP) is 2.93. The van der Waals surface area contributed by atoms with Crippen LogP contribution in [0.1, 0.15) is 15.9 Å². The molecule has 2 aromatic rings. The highest BCUT2D eigenvalue weighted by Crippen LogP contribution is 2.33. The van der Waals surface area contributed by atoms with Crippen molar-refractivity contribution in [3.63, 3.8) is 0 Å². The molecule has 0 fully saturated rings. The van der Waals surface area contributed by atoms with E-state index in [4.69, 9.17) is 9.47 Å². The van der Waals surface area contributed by atoms with Crippen molar-refractivity contribution in [3.8, 4) is 5.75 Å². The second kappa shape index (κ2) is 8.12. The molecule has 1 atom stereocenters. The van der Waals surface area contributed by atoms with Crippen molar-refractivity contribution < 1.29 is 27.1 Å². The van der Waals surface area contributed by atoms with Crippen molar-refractivity contribution in [1.29, 1.82) is 0 Å². The Labute approximate surface area is 163 Å². The molecule has 1 aliphatic rings. The van der Waals surface area contributed by atoms with Gasteiger partial charge in [0.25, 0.3) is 0 Å². The molecule has 0 aromatic heterocycles. The first-order valence-corrected chi connectivity index (χ1v) is 10.1. The monoisotopic (exact) mass is 405 g/mol. The molecular weight excluding hydrogens is 385 g/mol. The normalized spacial score (nSPS) is 18.4. The highest BCUT2D eigenvalue weighted by atomic mass is 32.2. The summed E-state index contributed by atoms with van der Waals surface area (Å²) in [5.74, 6) is -1.55. The van der Waals surface area contributed by atoms with Gasteiger partial charge in [-0.05, 0) is 31.2 Å². The quantitative estimate of drug-likeness (QED) is 0.565. The smallest absolute Gasteiger partial charge is 0.338 e. The van der Waals surface area contributed by atoms with Gasteiger partial charge in [0.1, 0.15) is 24.3 Å². The second-order valence-electron chi connectivity index (χ2n) is 6.39. The summed E-state index contributed by atoms with van der Waals surface area (Å²) in [6.45, 7) is 5.08. The maximum Gasteiger partial charge on any atom is 0.338 e. The van der Waals surface area contributed by atoms with Crippen molar-refractivity contribution in [1.82, 2.24) is 4.31 Å². The van der Waals surface area contributed by atoms with Crippen molar-refractivity contribution in [2.45, 2.75) is 17.9 Å². The van der Waals surface area contributed by atoms with E-state index in [1.807, 2.05) is 13.0 Å². The number of nitrogens with zero attached hydrogens (tertiary/aromatic N) is 1. The molecule has 0 amide bonds. The minimum absolute atomic E-state index is 0.0260. The highest BCUT2D eigenvalue weighted by Gasteiger charge is 2.37. The Bertz CT molecular complexity index is 1010. The fourth-order valence-corrected chi connectivity index (χ4v) is 4.54. The summed E-state index contributed by atoms with van der Waals surface area (Å²) in [6, 6.07) is 10.7. The molecule has 148 valence electrons. The van der Waals surface area contributed by atoms with Gasteiger partial charge >= 0.3 is 5.97 Å². The number of carbonyl (C=O) groups excluding carboxylic acids is 1. The standard InChI is InChI=1S/C20H20FNO5S/c1-3-10-22-12-16(13-26-20(23)15-7-4-6-14(2)11-15)27-18-9-5-8-17(21)19(18)28(22,24)25/h3-9,11,16H,1,10,12-13H2,2H3/t16-/m1/s1. The number of carbonyl (C=O) groups is 1. The van der Waals surface area contributed by atoms with Gasteiger partial charge in [-0.2, -0.15) is 4.31 Å². The van der Waals surface area contributed by atoms with Crippen LogP contribution < -0.4 is 4.74 Å². The zero-order valence-corrected chi connectivity index (χ0v) is 16.1. The molecule has 3 rings (SSSR count). The third-order valence-corrected chi connectivity index (χ3v) is 6.11. The summed E-state index contributed by atoms with van der Waals surface area (Å²) in [6.07, 6.45) is 0.602. The van der Waals surface area contributed by atoms with Gasteiger partial charge in [0, 0.05) is 6.54 Å². The van der Waals surface area contributed by atoms with Crippen LogP contribution in [-0.4, -0.2) is 44.5 Å². The van der Waals surface area contributed by atoms with Crippen molar-refractivity contribution in [2.24, 2.45) is 0 Å². The van der Waals surface area contributed by atoms with E-state index >= 15 is 0 Å². The summed E-state index contributed by atoms with van der Waals surface area (Å²) in [5, 5.41) is 0. The molecule has 6 nitrogen and oxygen atoms in total. The Kier molecular flexibility index (Phi) is 5.81. The van der Waals surface area contributed by atoms with Gasteiger partial charge in [-0.15, -0.1) is 6.58 Å². The lowest BCUT2D eigenvalue weighted by molar-refractivity contribution is 0.0287. The highest BCUT2D eigenvalue weighted by molar-refractivity contribution is 7.89. The van der Waals surface area contributed by atoms with Gasteiger partial charge in [0.05, 0.1) is 12.1 Å². The largest absolute Gasteiger partial charge is 0.484 e. The number of ether oxygens (including phenoxy) is 2. The van der Waals surface area contributed by atoms with Crippen LogP contribution in [0.5, 0.6) is 5.75 Å². The Morgan fingerprint density at radius 1 is 1.36 bits per heavy atom. The molecule has 0 spiro atoms. The fourth-order valence-electron chi connectivity index (χ4n) is 2.93. The molecular formula is C20H20FNO5S. The minimum atomic E-state index is -4.12. The van der Waals surface area contributed by atoms with Gasteiger partial charge in [-0.25, -0.2) is 17.6 Å². The summed E-state index contributed by atoms with van der Waals surface area (Å²) in [5.41, 5.74) is 1.29. The molecule has 0 saturated carbocycles. The zero-order valence-electron chi connectivity index (χ0n) is 15.3. The van der Waals surface area contributed by atoms with Crippen LogP contribution in [0.3, 0.4) is 0 Å². The van der Waals surface area contributed by atoms with E-state index in [1.54, 1.807) is 18.2 Å². The maximum atomic E-state index is 14.3. The van der Waals surface area contributed by atoms with Crippen LogP contribution in [0.4, 0.5) is 4.39 Å². The molecule has 2 aromatic carbocycles. The molecule has 0 bridgehead atoms. The number of benzene rings is 2. The average molecular weight is 405 g/mol. The van der Waals surface area contributed by atoms with Crippen LogP contribution in [0, 0.1) is 12.7 Å². The average Bonchev–Trinajstić information content (AvgIpc) is 2.75. The summed E-state index contributed by atoms with van der Waals surface area (Å²) >= 11 is 0. The number of fused-ring (bicyclic) bond motifs is 1. The lowest BCUT2D eigenvalue weighted by Crippen LogP contribution is -2.39. The van der Waals surface area contributed by atoms with E-state index in [0.717, 1.165) is 15.9 Å². The predicted molar refractivity (Wildman–Crippen MR) is 101 cm³/mol. The van der Waals surface area contributed by atoms with Crippen molar-refractivity contribution >= 4 is 16.0 Å². The number of halogens is 1. The van der Waals surface area contributed by atoms with E-state index in [1.165, 1.54) is 18.2 Å². The fraction of sp³-hybridized carbons (Fsp3) is 0.250. The van der Waals surface area contributed by atoms with Gasteiger partial charge in [-0.3, -0.25) is 0 Å². The summed E-state index contributed by atoms with van der Waals surface area (Å²) < 4.78 is 52.0. The Morgan fingerprint density at radius 2 is 2.11 bits per heavy atom. The first-order valence-electron chi connectivity index (χ1n) is 8.63. The van der Waals surface area contributed by atoms with Crippen LogP contribution >= 0.6 is 0 Å². The van der Waals surface area contributed by atoms with Gasteiger partial charge < -0.3 is 9.47 Å². The third-order valence-electron chi connectivity index (χ3n) is 4.22. The first-order chi connectivity index (χ1) is 13.3. The maximum absolute atomic E-state index is 14.3. The summed E-state index contributed by atoms with van der Waals surface area (Å²) in [7, 11) is -4.12. The SMILES string of the molecule is C=CCN1C[C@H](COC(=O)c2cccc(C)c2)Oc2cccc(F)c2S1(=O)=O. The van der Waals surface area contributed by atoms with Crippen LogP contribution in [-0.2, 0) is 14.8 Å². The number of hydrogen-bond acceptors (Lipinski definition) is 5.